The largest absolute Gasteiger partial charge is 0.388 e. The van der Waals surface area contributed by atoms with Crippen molar-refractivity contribution in [2.24, 2.45) is 0 Å². The van der Waals surface area contributed by atoms with Gasteiger partial charge in [0.2, 0.25) is 0 Å². The first kappa shape index (κ1) is 12.8. The van der Waals surface area contributed by atoms with E-state index < -0.39 is 10.5 Å². The van der Waals surface area contributed by atoms with Crippen molar-refractivity contribution in [3.63, 3.8) is 0 Å². The summed E-state index contributed by atoms with van der Waals surface area (Å²) in [5.41, 5.74) is -0.263. The van der Waals surface area contributed by atoms with Crippen LogP contribution in [-0.2, 0) is 0 Å². The molecule has 2 rings (SSSR count). The molecule has 0 aromatic carbocycles. The summed E-state index contributed by atoms with van der Waals surface area (Å²) in [6.45, 7) is 2.05. The predicted octanol–water partition coefficient (Wildman–Crippen LogP) is 2.02. The van der Waals surface area contributed by atoms with E-state index in [2.05, 4.69) is 10.3 Å². The fraction of sp³-hybridized carbons (Fsp3) is 0.583. The van der Waals surface area contributed by atoms with Gasteiger partial charge in [0.15, 0.2) is 0 Å². The summed E-state index contributed by atoms with van der Waals surface area (Å²) in [6.07, 6.45) is 3.69. The molecule has 98 valence electrons. The van der Waals surface area contributed by atoms with Gasteiger partial charge in [-0.05, 0) is 25.8 Å². The Morgan fingerprint density at radius 2 is 2.17 bits per heavy atom. The number of hydrogen-bond acceptors (Lipinski definition) is 5. The van der Waals surface area contributed by atoms with Crippen LogP contribution in [0.5, 0.6) is 0 Å². The van der Waals surface area contributed by atoms with Gasteiger partial charge in [0, 0.05) is 12.6 Å². The summed E-state index contributed by atoms with van der Waals surface area (Å²) in [6, 6.07) is 3.01. The van der Waals surface area contributed by atoms with Crippen molar-refractivity contribution in [3.8, 4) is 0 Å². The molecule has 2 N–H and O–H groups in total. The summed E-state index contributed by atoms with van der Waals surface area (Å²) in [7, 11) is 0. The minimum absolute atomic E-state index is 0.0140. The average Bonchev–Trinajstić information content (AvgIpc) is 2.74. The Labute approximate surface area is 105 Å². The molecule has 6 heteroatoms. The van der Waals surface area contributed by atoms with Crippen LogP contribution in [0.2, 0.25) is 0 Å². The van der Waals surface area contributed by atoms with Crippen molar-refractivity contribution in [1.29, 1.82) is 0 Å². The highest BCUT2D eigenvalue weighted by Gasteiger charge is 2.30. The van der Waals surface area contributed by atoms with Crippen LogP contribution in [0.1, 0.15) is 31.4 Å². The van der Waals surface area contributed by atoms with Crippen molar-refractivity contribution < 1.29 is 10.0 Å². The zero-order chi connectivity index (χ0) is 13.2. The van der Waals surface area contributed by atoms with E-state index in [0.29, 0.717) is 18.1 Å². The van der Waals surface area contributed by atoms with E-state index in [9.17, 15) is 15.2 Å². The molecule has 1 aromatic heterocycles. The van der Waals surface area contributed by atoms with Gasteiger partial charge in [0.25, 0.3) is 5.69 Å². The van der Waals surface area contributed by atoms with Crippen LogP contribution in [0.25, 0.3) is 0 Å². The molecule has 18 heavy (non-hydrogen) atoms. The molecule has 0 spiro atoms. The number of nitrogens with one attached hydrogen (secondary N) is 1. The van der Waals surface area contributed by atoms with E-state index in [1.807, 2.05) is 0 Å². The lowest BCUT2D eigenvalue weighted by Gasteiger charge is -2.22. The maximum atomic E-state index is 10.7. The summed E-state index contributed by atoms with van der Waals surface area (Å²) < 4.78 is 0. The van der Waals surface area contributed by atoms with Gasteiger partial charge >= 0.3 is 0 Å². The molecule has 1 heterocycles. The molecule has 0 amide bonds. The Bertz CT molecular complexity index is 456. The molecule has 1 aliphatic carbocycles. The summed E-state index contributed by atoms with van der Waals surface area (Å²) in [5.74, 6) is 0.568. The third-order valence-corrected chi connectivity index (χ3v) is 3.39. The average molecular weight is 251 g/mol. The lowest BCUT2D eigenvalue weighted by atomic mass is 10.0. The van der Waals surface area contributed by atoms with Crippen LogP contribution in [0.4, 0.5) is 11.5 Å². The second kappa shape index (κ2) is 4.89. The fourth-order valence-corrected chi connectivity index (χ4v) is 2.31. The quantitative estimate of drug-likeness (QED) is 0.631. The highest BCUT2D eigenvalue weighted by molar-refractivity contribution is 5.45. The summed E-state index contributed by atoms with van der Waals surface area (Å²) in [5, 5.41) is 23.9. The molecule has 0 aliphatic heterocycles. The van der Waals surface area contributed by atoms with Crippen LogP contribution in [0.3, 0.4) is 0 Å². The van der Waals surface area contributed by atoms with Gasteiger partial charge in [-0.15, -0.1) is 0 Å². The van der Waals surface area contributed by atoms with Crippen molar-refractivity contribution in [2.45, 2.75) is 38.2 Å². The highest BCUT2D eigenvalue weighted by Crippen LogP contribution is 2.29. The van der Waals surface area contributed by atoms with Gasteiger partial charge in [-0.3, -0.25) is 10.1 Å². The smallest absolute Gasteiger partial charge is 0.290 e. The molecule has 0 atom stereocenters. The van der Waals surface area contributed by atoms with Crippen LogP contribution in [0, 0.1) is 17.0 Å². The SMILES string of the molecule is Cc1nc(NCC2(O)CCCC2)ccc1[N+](=O)[O-]. The Morgan fingerprint density at radius 3 is 2.72 bits per heavy atom. The van der Waals surface area contributed by atoms with Gasteiger partial charge in [-0.1, -0.05) is 12.8 Å². The van der Waals surface area contributed by atoms with Gasteiger partial charge in [-0.2, -0.15) is 0 Å². The van der Waals surface area contributed by atoms with Crippen LogP contribution < -0.4 is 5.32 Å². The number of nitro groups is 1. The van der Waals surface area contributed by atoms with Crippen molar-refractivity contribution >= 4 is 11.5 Å². The Kier molecular flexibility index (Phi) is 3.47. The van der Waals surface area contributed by atoms with Gasteiger partial charge in [0.05, 0.1) is 10.5 Å². The normalized spacial score (nSPS) is 17.7. The Morgan fingerprint density at radius 1 is 1.50 bits per heavy atom. The second-order valence-corrected chi connectivity index (χ2v) is 4.84. The second-order valence-electron chi connectivity index (χ2n) is 4.84. The van der Waals surface area contributed by atoms with Crippen molar-refractivity contribution in [2.75, 3.05) is 11.9 Å². The van der Waals surface area contributed by atoms with E-state index in [-0.39, 0.29) is 5.69 Å². The number of aryl methyl sites for hydroxylation is 1. The molecule has 1 aromatic rings. The van der Waals surface area contributed by atoms with Crippen molar-refractivity contribution in [3.05, 3.63) is 27.9 Å². The van der Waals surface area contributed by atoms with Gasteiger partial charge in [-0.25, -0.2) is 4.98 Å². The lowest BCUT2D eigenvalue weighted by molar-refractivity contribution is -0.385. The fourth-order valence-electron chi connectivity index (χ4n) is 2.31. The van der Waals surface area contributed by atoms with E-state index in [1.54, 1.807) is 13.0 Å². The molecule has 0 unspecified atom stereocenters. The lowest BCUT2D eigenvalue weighted by Crippen LogP contribution is -2.33. The topological polar surface area (TPSA) is 88.3 Å². The number of rotatable bonds is 4. The Balaban J connectivity index is 2.02. The number of nitrogens with zero attached hydrogens (tertiary/aromatic N) is 2. The molecule has 1 fully saturated rings. The first-order valence-corrected chi connectivity index (χ1v) is 6.08. The number of aliphatic hydroxyl groups is 1. The maximum Gasteiger partial charge on any atom is 0.290 e. The number of pyridine rings is 1. The molecule has 0 saturated heterocycles. The molecule has 1 aliphatic rings. The van der Waals surface area contributed by atoms with Crippen LogP contribution in [0.15, 0.2) is 12.1 Å². The summed E-state index contributed by atoms with van der Waals surface area (Å²) in [4.78, 5) is 14.3. The van der Waals surface area contributed by atoms with E-state index >= 15 is 0 Å². The number of anilines is 1. The van der Waals surface area contributed by atoms with E-state index in [1.165, 1.54) is 6.07 Å². The molecular weight excluding hydrogens is 234 g/mol. The minimum Gasteiger partial charge on any atom is -0.388 e. The molecule has 1 saturated carbocycles. The zero-order valence-corrected chi connectivity index (χ0v) is 10.3. The standard InChI is InChI=1S/C12H17N3O3/c1-9-10(15(17)18)4-5-11(14-9)13-8-12(16)6-2-3-7-12/h4-5,16H,2-3,6-8H2,1H3,(H,13,14). The first-order valence-electron chi connectivity index (χ1n) is 6.08. The minimum atomic E-state index is -0.655. The van der Waals surface area contributed by atoms with Crippen molar-refractivity contribution in [1.82, 2.24) is 4.98 Å². The first-order chi connectivity index (χ1) is 8.50. The molecule has 0 radical (unpaired) electrons. The third kappa shape index (κ3) is 2.76. The molecule has 6 nitrogen and oxygen atoms in total. The van der Waals surface area contributed by atoms with E-state index in [0.717, 1.165) is 25.7 Å². The zero-order valence-electron chi connectivity index (χ0n) is 10.3. The maximum absolute atomic E-state index is 10.7. The number of hydrogen-bond donors (Lipinski definition) is 2. The van der Waals surface area contributed by atoms with Gasteiger partial charge < -0.3 is 10.4 Å². The van der Waals surface area contributed by atoms with Gasteiger partial charge in [0.1, 0.15) is 11.5 Å². The van der Waals surface area contributed by atoms with Crippen LogP contribution >= 0.6 is 0 Å². The monoisotopic (exact) mass is 251 g/mol. The molecule has 0 bridgehead atoms. The third-order valence-electron chi connectivity index (χ3n) is 3.39. The molecular formula is C12H17N3O3. The Hall–Kier alpha value is -1.69. The van der Waals surface area contributed by atoms with Crippen LogP contribution in [-0.4, -0.2) is 27.2 Å². The van der Waals surface area contributed by atoms with E-state index in [4.69, 9.17) is 0 Å². The highest BCUT2D eigenvalue weighted by atomic mass is 16.6. The predicted molar refractivity (Wildman–Crippen MR) is 67.5 cm³/mol. The number of aromatic nitrogens is 1. The summed E-state index contributed by atoms with van der Waals surface area (Å²) >= 11 is 0.